The zero-order valence-electron chi connectivity index (χ0n) is 19.0. The van der Waals surface area contributed by atoms with Crippen molar-refractivity contribution < 1.29 is 14.3 Å². The van der Waals surface area contributed by atoms with Gasteiger partial charge in [0.2, 0.25) is 11.8 Å². The van der Waals surface area contributed by atoms with E-state index < -0.39 is 0 Å². The van der Waals surface area contributed by atoms with Gasteiger partial charge >= 0.3 is 0 Å². The summed E-state index contributed by atoms with van der Waals surface area (Å²) in [6.07, 6.45) is 3.46. The maximum Gasteiger partial charge on any atom is 0.231 e. The fourth-order valence-corrected chi connectivity index (χ4v) is 4.92. The number of nitrogens with two attached hydrogens (primary N) is 1. The Labute approximate surface area is 184 Å². The van der Waals surface area contributed by atoms with Crippen molar-refractivity contribution in [1.29, 1.82) is 0 Å². The fraction of sp³-hybridized carbons (Fsp3) is 0.625. The number of hydrogen-bond acceptors (Lipinski definition) is 5. The molecule has 1 aromatic rings. The van der Waals surface area contributed by atoms with E-state index in [1.165, 1.54) is 0 Å². The number of fused-ring (bicyclic) bond motifs is 1. The van der Waals surface area contributed by atoms with Crippen molar-refractivity contribution in [3.05, 3.63) is 29.8 Å². The molecule has 2 unspecified atom stereocenters. The number of hydrogen-bond donors (Lipinski definition) is 2. The molecule has 2 heterocycles. The van der Waals surface area contributed by atoms with Crippen LogP contribution >= 0.6 is 0 Å². The van der Waals surface area contributed by atoms with Crippen LogP contribution < -0.4 is 15.8 Å². The molecule has 3 aliphatic rings. The highest BCUT2D eigenvalue weighted by Crippen LogP contribution is 2.43. The zero-order chi connectivity index (χ0) is 22.4. The molecule has 0 saturated heterocycles. The first-order valence-corrected chi connectivity index (χ1v) is 11.4. The Balaban J connectivity index is 1.39. The smallest absolute Gasteiger partial charge is 0.231 e. The second-order valence-electron chi connectivity index (χ2n) is 9.85. The van der Waals surface area contributed by atoms with Crippen molar-refractivity contribution in [1.82, 2.24) is 10.2 Å². The fourth-order valence-electron chi connectivity index (χ4n) is 4.92. The highest BCUT2D eigenvalue weighted by Gasteiger charge is 2.47. The molecule has 2 amide bonds. The summed E-state index contributed by atoms with van der Waals surface area (Å²) in [5.74, 6) is 1.21. The van der Waals surface area contributed by atoms with Gasteiger partial charge in [0, 0.05) is 24.4 Å². The summed E-state index contributed by atoms with van der Waals surface area (Å²) in [6, 6.07) is 7.80. The predicted octanol–water partition coefficient (Wildman–Crippen LogP) is 3.15. The third kappa shape index (κ3) is 4.27. The third-order valence-corrected chi connectivity index (χ3v) is 7.10. The van der Waals surface area contributed by atoms with Crippen molar-refractivity contribution in [2.24, 2.45) is 22.6 Å². The Hall–Kier alpha value is -2.57. The van der Waals surface area contributed by atoms with E-state index >= 15 is 0 Å². The lowest BCUT2D eigenvalue weighted by atomic mass is 9.88. The summed E-state index contributed by atoms with van der Waals surface area (Å²) in [7, 11) is 0. The molecule has 1 fully saturated rings. The molecule has 4 rings (SSSR count). The van der Waals surface area contributed by atoms with Crippen LogP contribution in [0.5, 0.6) is 5.75 Å². The zero-order valence-corrected chi connectivity index (χ0v) is 19.0. The van der Waals surface area contributed by atoms with Gasteiger partial charge in [-0.2, -0.15) is 0 Å². The number of carbonyl (C=O) groups excluding carboxylic acids is 2. The van der Waals surface area contributed by atoms with E-state index in [0.29, 0.717) is 25.3 Å². The molecule has 0 bridgehead atoms. The standard InChI is InChI=1S/C24H34N4O3/c1-5-24(6-2)13-20(29)28(22(25)27-24)14-15-11-17(15)21(30)26-18-12-23(3,4)31-19-10-8-7-9-16(18)19/h7-10,15,17-18H,5-6,11-14H2,1-4H3,(H2,25,27)(H,26,30)/t15-,17?,18?/m1/s1. The summed E-state index contributed by atoms with van der Waals surface area (Å²) in [4.78, 5) is 32.0. The van der Waals surface area contributed by atoms with Gasteiger partial charge in [-0.3, -0.25) is 14.5 Å². The Bertz CT molecular complexity index is 906. The van der Waals surface area contributed by atoms with Gasteiger partial charge in [0.05, 0.1) is 18.0 Å². The minimum absolute atomic E-state index is 0.0161. The van der Waals surface area contributed by atoms with Crippen LogP contribution in [0.2, 0.25) is 0 Å². The molecule has 1 aliphatic carbocycles. The lowest BCUT2D eigenvalue weighted by molar-refractivity contribution is -0.130. The Morgan fingerprint density at radius 2 is 2.00 bits per heavy atom. The van der Waals surface area contributed by atoms with E-state index in [-0.39, 0.29) is 40.8 Å². The van der Waals surface area contributed by atoms with Gasteiger partial charge in [-0.25, -0.2) is 4.99 Å². The molecular formula is C24H34N4O3. The summed E-state index contributed by atoms with van der Waals surface area (Å²) in [5.41, 5.74) is 6.47. The van der Waals surface area contributed by atoms with Gasteiger partial charge < -0.3 is 15.8 Å². The number of nitrogens with zero attached hydrogens (tertiary/aromatic N) is 2. The normalized spacial score (nSPS) is 28.3. The van der Waals surface area contributed by atoms with Gasteiger partial charge in [0.25, 0.3) is 0 Å². The number of rotatable bonds is 6. The first kappa shape index (κ1) is 21.7. The Kier molecular flexibility index (Phi) is 5.48. The van der Waals surface area contributed by atoms with E-state index in [0.717, 1.165) is 30.6 Å². The quantitative estimate of drug-likeness (QED) is 0.730. The molecule has 0 radical (unpaired) electrons. The number of ether oxygens (including phenoxy) is 1. The van der Waals surface area contributed by atoms with Crippen LogP contribution in [0.15, 0.2) is 29.3 Å². The molecular weight excluding hydrogens is 392 g/mol. The molecule has 1 saturated carbocycles. The number of benzene rings is 1. The number of para-hydroxylation sites is 1. The monoisotopic (exact) mass is 426 g/mol. The maximum atomic E-state index is 13.0. The SMILES string of the molecule is CCC1(CC)CC(=O)N(C[C@H]2CC2C(=O)NC2CC(C)(C)Oc3ccccc32)C(N)=N1. The van der Waals surface area contributed by atoms with Crippen LogP contribution in [0.25, 0.3) is 0 Å². The van der Waals surface area contributed by atoms with Crippen molar-refractivity contribution in [2.75, 3.05) is 6.54 Å². The van der Waals surface area contributed by atoms with E-state index in [9.17, 15) is 9.59 Å². The van der Waals surface area contributed by atoms with Crippen LogP contribution in [-0.2, 0) is 9.59 Å². The molecule has 3 N–H and O–H groups in total. The molecule has 7 heteroatoms. The van der Waals surface area contributed by atoms with E-state index in [4.69, 9.17) is 10.5 Å². The lowest BCUT2D eigenvalue weighted by Crippen LogP contribution is -2.52. The molecule has 2 aliphatic heterocycles. The molecule has 0 spiro atoms. The Morgan fingerprint density at radius 3 is 2.68 bits per heavy atom. The van der Waals surface area contributed by atoms with Crippen LogP contribution in [-0.4, -0.2) is 40.4 Å². The van der Waals surface area contributed by atoms with E-state index in [1.54, 1.807) is 4.90 Å². The van der Waals surface area contributed by atoms with E-state index in [1.807, 2.05) is 52.0 Å². The summed E-state index contributed by atoms with van der Waals surface area (Å²) >= 11 is 0. The second-order valence-corrected chi connectivity index (χ2v) is 9.85. The van der Waals surface area contributed by atoms with Crippen LogP contribution in [0.3, 0.4) is 0 Å². The molecule has 31 heavy (non-hydrogen) atoms. The first-order chi connectivity index (χ1) is 14.7. The van der Waals surface area contributed by atoms with Crippen LogP contribution in [0, 0.1) is 11.8 Å². The summed E-state index contributed by atoms with van der Waals surface area (Å²) in [6.45, 7) is 8.63. The van der Waals surface area contributed by atoms with Crippen LogP contribution in [0.4, 0.5) is 0 Å². The van der Waals surface area contributed by atoms with Crippen molar-refractivity contribution in [3.63, 3.8) is 0 Å². The molecule has 0 aromatic heterocycles. The van der Waals surface area contributed by atoms with Crippen molar-refractivity contribution in [3.8, 4) is 5.75 Å². The predicted molar refractivity (Wildman–Crippen MR) is 120 cm³/mol. The number of nitrogens with one attached hydrogen (secondary N) is 1. The average molecular weight is 427 g/mol. The van der Waals surface area contributed by atoms with Gasteiger partial charge in [0.15, 0.2) is 5.96 Å². The highest BCUT2D eigenvalue weighted by molar-refractivity contribution is 5.99. The Morgan fingerprint density at radius 1 is 1.29 bits per heavy atom. The molecule has 1 aromatic carbocycles. The van der Waals surface area contributed by atoms with Gasteiger partial charge in [0.1, 0.15) is 11.4 Å². The minimum atomic E-state index is -0.374. The first-order valence-electron chi connectivity index (χ1n) is 11.4. The number of carbonyl (C=O) groups is 2. The van der Waals surface area contributed by atoms with Crippen molar-refractivity contribution >= 4 is 17.8 Å². The summed E-state index contributed by atoms with van der Waals surface area (Å²) in [5, 5.41) is 3.23. The van der Waals surface area contributed by atoms with Crippen molar-refractivity contribution in [2.45, 2.75) is 77.0 Å². The minimum Gasteiger partial charge on any atom is -0.487 e. The lowest BCUT2D eigenvalue weighted by Gasteiger charge is -2.38. The van der Waals surface area contributed by atoms with Gasteiger partial charge in [-0.15, -0.1) is 0 Å². The molecule has 7 nitrogen and oxygen atoms in total. The maximum absolute atomic E-state index is 13.0. The largest absolute Gasteiger partial charge is 0.487 e. The molecule has 168 valence electrons. The third-order valence-electron chi connectivity index (χ3n) is 7.10. The molecule has 3 atom stereocenters. The average Bonchev–Trinajstić information content (AvgIpc) is 3.49. The number of amides is 2. The highest BCUT2D eigenvalue weighted by atomic mass is 16.5. The topological polar surface area (TPSA) is 97.0 Å². The van der Waals surface area contributed by atoms with Crippen LogP contribution in [0.1, 0.15) is 71.4 Å². The summed E-state index contributed by atoms with van der Waals surface area (Å²) < 4.78 is 6.07. The number of guanidine groups is 1. The van der Waals surface area contributed by atoms with Gasteiger partial charge in [-0.05, 0) is 45.1 Å². The van der Waals surface area contributed by atoms with E-state index in [2.05, 4.69) is 10.3 Å². The number of aliphatic imine (C=N–C) groups is 1. The van der Waals surface area contributed by atoms with Gasteiger partial charge in [-0.1, -0.05) is 32.0 Å². The second kappa shape index (κ2) is 7.84.